The molecule has 0 amide bonds. The van der Waals surface area contributed by atoms with E-state index < -0.39 is 5.97 Å². The Kier molecular flexibility index (Phi) is 5.65. The Hall–Kier alpha value is -2.93. The second kappa shape index (κ2) is 7.90. The van der Waals surface area contributed by atoms with Crippen molar-refractivity contribution in [1.82, 2.24) is 5.43 Å². The van der Waals surface area contributed by atoms with Crippen molar-refractivity contribution >= 4 is 35.2 Å². The van der Waals surface area contributed by atoms with Crippen molar-refractivity contribution in [2.75, 3.05) is 12.4 Å². The molecule has 0 saturated carbocycles. The van der Waals surface area contributed by atoms with Crippen molar-refractivity contribution in [2.45, 2.75) is 0 Å². The summed E-state index contributed by atoms with van der Waals surface area (Å²) < 4.78 is 4.62. The van der Waals surface area contributed by atoms with E-state index in [1.165, 1.54) is 13.3 Å². The number of anilines is 1. The number of ether oxygens (including phenoxy) is 1. The third kappa shape index (κ3) is 4.79. The monoisotopic (exact) mass is 329 g/mol. The van der Waals surface area contributed by atoms with Crippen LogP contribution in [0.2, 0.25) is 0 Å². The molecule has 0 aliphatic rings. The maximum Gasteiger partial charge on any atom is 0.337 e. The molecule has 2 aromatic rings. The highest BCUT2D eigenvalue weighted by Crippen LogP contribution is 2.12. The van der Waals surface area contributed by atoms with Gasteiger partial charge in [0.15, 0.2) is 5.11 Å². The van der Waals surface area contributed by atoms with Gasteiger partial charge < -0.3 is 15.2 Å². The average molecular weight is 329 g/mol. The molecule has 0 bridgehead atoms. The number of phenols is 1. The van der Waals surface area contributed by atoms with Crippen molar-refractivity contribution < 1.29 is 14.6 Å². The highest BCUT2D eigenvalue weighted by molar-refractivity contribution is 7.80. The minimum absolute atomic E-state index is 0.135. The van der Waals surface area contributed by atoms with Gasteiger partial charge in [0, 0.05) is 11.3 Å². The maximum absolute atomic E-state index is 11.3. The number of hydrogen-bond donors (Lipinski definition) is 3. The number of nitrogens with zero attached hydrogens (tertiary/aromatic N) is 1. The summed E-state index contributed by atoms with van der Waals surface area (Å²) in [6.07, 6.45) is 1.46. The topological polar surface area (TPSA) is 83.0 Å². The molecule has 6 nitrogen and oxygen atoms in total. The zero-order valence-corrected chi connectivity index (χ0v) is 13.1. The van der Waals surface area contributed by atoms with Gasteiger partial charge in [0.05, 0.1) is 18.9 Å². The number of benzene rings is 2. The average Bonchev–Trinajstić information content (AvgIpc) is 2.56. The summed E-state index contributed by atoms with van der Waals surface area (Å²) in [5.41, 5.74) is 4.37. The summed E-state index contributed by atoms with van der Waals surface area (Å²) in [6.45, 7) is 0. The van der Waals surface area contributed by atoms with Gasteiger partial charge in [0.1, 0.15) is 5.75 Å². The molecule has 2 aromatic carbocycles. The van der Waals surface area contributed by atoms with E-state index in [2.05, 4.69) is 20.6 Å². The third-order valence-electron chi connectivity index (χ3n) is 2.87. The number of para-hydroxylation sites is 1. The Morgan fingerprint density at radius 1 is 1.22 bits per heavy atom. The Balaban J connectivity index is 1.90. The zero-order chi connectivity index (χ0) is 16.7. The molecular formula is C16H15N3O3S. The van der Waals surface area contributed by atoms with Gasteiger partial charge in [-0.15, -0.1) is 0 Å². The molecule has 0 aliphatic carbocycles. The predicted molar refractivity (Wildman–Crippen MR) is 92.8 cm³/mol. The van der Waals surface area contributed by atoms with Gasteiger partial charge in [-0.2, -0.15) is 5.10 Å². The second-order valence-electron chi connectivity index (χ2n) is 4.45. The molecule has 3 N–H and O–H groups in total. The van der Waals surface area contributed by atoms with Crippen LogP contribution in [0.1, 0.15) is 15.9 Å². The van der Waals surface area contributed by atoms with Gasteiger partial charge >= 0.3 is 5.97 Å². The first-order valence-corrected chi connectivity index (χ1v) is 7.07. The number of aromatic hydroxyl groups is 1. The van der Waals surface area contributed by atoms with Gasteiger partial charge in [-0.1, -0.05) is 12.1 Å². The molecule has 0 heterocycles. The van der Waals surface area contributed by atoms with Crippen LogP contribution in [-0.4, -0.2) is 29.5 Å². The smallest absolute Gasteiger partial charge is 0.337 e. The van der Waals surface area contributed by atoms with Crippen LogP contribution in [-0.2, 0) is 4.74 Å². The lowest BCUT2D eigenvalue weighted by Gasteiger charge is -2.07. The van der Waals surface area contributed by atoms with E-state index in [4.69, 9.17) is 12.2 Å². The Labute approximate surface area is 138 Å². The third-order valence-corrected chi connectivity index (χ3v) is 3.06. The molecule has 0 spiro atoms. The molecule has 0 unspecified atom stereocenters. The summed E-state index contributed by atoms with van der Waals surface area (Å²) in [6, 6.07) is 13.5. The fourth-order valence-corrected chi connectivity index (χ4v) is 1.89. The number of carbonyl (C=O) groups excluding carboxylic acids is 1. The summed E-state index contributed by atoms with van der Waals surface area (Å²) in [5.74, 6) is -0.264. The van der Waals surface area contributed by atoms with Gasteiger partial charge in [0.25, 0.3) is 0 Å². The van der Waals surface area contributed by atoms with Crippen LogP contribution in [0.3, 0.4) is 0 Å². The number of hydrazone groups is 1. The first kappa shape index (κ1) is 16.4. The van der Waals surface area contributed by atoms with Crippen molar-refractivity contribution in [3.8, 4) is 5.75 Å². The number of esters is 1. The van der Waals surface area contributed by atoms with Gasteiger partial charge in [-0.25, -0.2) is 4.79 Å². The summed E-state index contributed by atoms with van der Waals surface area (Å²) in [4.78, 5) is 11.3. The van der Waals surface area contributed by atoms with Crippen LogP contribution in [0.4, 0.5) is 5.69 Å². The zero-order valence-electron chi connectivity index (χ0n) is 12.3. The quantitative estimate of drug-likeness (QED) is 0.346. The standard InChI is InChI=1S/C16H15N3O3S/c1-22-15(21)11-6-8-13(9-7-11)18-16(23)19-17-10-12-4-2-3-5-14(12)20/h2-10,20H,1H3,(H2,18,19,23)/b17-10+. The van der Waals surface area contributed by atoms with E-state index >= 15 is 0 Å². The number of rotatable bonds is 4. The van der Waals surface area contributed by atoms with Crippen LogP contribution in [0, 0.1) is 0 Å². The van der Waals surface area contributed by atoms with E-state index in [0.717, 1.165) is 0 Å². The predicted octanol–water partition coefficient (Wildman–Crippen LogP) is 2.50. The lowest BCUT2D eigenvalue weighted by Crippen LogP contribution is -2.23. The normalized spacial score (nSPS) is 10.3. The van der Waals surface area contributed by atoms with Crippen LogP contribution in [0.15, 0.2) is 53.6 Å². The first-order chi connectivity index (χ1) is 11.1. The SMILES string of the molecule is COC(=O)c1ccc(NC(=S)N/N=C/c2ccccc2O)cc1. The van der Waals surface area contributed by atoms with Crippen LogP contribution in [0.5, 0.6) is 5.75 Å². The van der Waals surface area contributed by atoms with E-state index in [-0.39, 0.29) is 10.9 Å². The number of nitrogens with one attached hydrogen (secondary N) is 2. The molecule has 2 rings (SSSR count). The Morgan fingerprint density at radius 2 is 1.91 bits per heavy atom. The fourth-order valence-electron chi connectivity index (χ4n) is 1.72. The van der Waals surface area contributed by atoms with Gasteiger partial charge in [-0.3, -0.25) is 5.43 Å². The Bertz CT molecular complexity index is 730. The second-order valence-corrected chi connectivity index (χ2v) is 4.86. The van der Waals surface area contributed by atoms with Crippen molar-refractivity contribution in [2.24, 2.45) is 5.10 Å². The molecule has 0 saturated heterocycles. The molecule has 0 aromatic heterocycles. The molecule has 0 aliphatic heterocycles. The van der Waals surface area contributed by atoms with Gasteiger partial charge in [0.2, 0.25) is 0 Å². The van der Waals surface area contributed by atoms with E-state index in [1.807, 2.05) is 0 Å². The number of hydrogen-bond acceptors (Lipinski definition) is 5. The lowest BCUT2D eigenvalue weighted by atomic mass is 10.2. The van der Waals surface area contributed by atoms with Crippen molar-refractivity contribution in [1.29, 1.82) is 0 Å². The molecule has 23 heavy (non-hydrogen) atoms. The molecule has 118 valence electrons. The van der Waals surface area contributed by atoms with Crippen molar-refractivity contribution in [3.63, 3.8) is 0 Å². The van der Waals surface area contributed by atoms with Gasteiger partial charge in [-0.05, 0) is 48.6 Å². The minimum Gasteiger partial charge on any atom is -0.507 e. The molecule has 7 heteroatoms. The highest BCUT2D eigenvalue weighted by atomic mass is 32.1. The molecule has 0 radical (unpaired) electrons. The Morgan fingerprint density at radius 3 is 2.57 bits per heavy atom. The number of carbonyl (C=O) groups is 1. The molecule has 0 atom stereocenters. The summed E-state index contributed by atoms with van der Waals surface area (Å²) >= 11 is 5.10. The van der Waals surface area contributed by atoms with E-state index in [1.54, 1.807) is 48.5 Å². The largest absolute Gasteiger partial charge is 0.507 e. The number of phenolic OH excluding ortho intramolecular Hbond substituents is 1. The summed E-state index contributed by atoms with van der Waals surface area (Å²) in [5, 5.41) is 16.7. The number of methoxy groups -OCH3 is 1. The lowest BCUT2D eigenvalue weighted by molar-refractivity contribution is 0.0601. The van der Waals surface area contributed by atoms with Crippen LogP contribution >= 0.6 is 12.2 Å². The highest BCUT2D eigenvalue weighted by Gasteiger charge is 2.04. The van der Waals surface area contributed by atoms with Crippen LogP contribution in [0.25, 0.3) is 0 Å². The molecular weight excluding hydrogens is 314 g/mol. The maximum atomic E-state index is 11.3. The van der Waals surface area contributed by atoms with Crippen molar-refractivity contribution in [3.05, 3.63) is 59.7 Å². The van der Waals surface area contributed by atoms with E-state index in [0.29, 0.717) is 16.8 Å². The molecule has 0 fully saturated rings. The first-order valence-electron chi connectivity index (χ1n) is 6.66. The minimum atomic E-state index is -0.399. The number of thiocarbonyl (C=S) groups is 1. The van der Waals surface area contributed by atoms with E-state index in [9.17, 15) is 9.90 Å². The fraction of sp³-hybridized carbons (Fsp3) is 0.0625. The summed E-state index contributed by atoms with van der Waals surface area (Å²) in [7, 11) is 1.33. The van der Waals surface area contributed by atoms with Crippen LogP contribution < -0.4 is 10.7 Å².